The van der Waals surface area contributed by atoms with Crippen molar-refractivity contribution in [2.45, 2.75) is 215 Å². The van der Waals surface area contributed by atoms with Crippen molar-refractivity contribution in [2.75, 3.05) is 26.4 Å². The molecule has 21 atom stereocenters. The molecule has 0 aromatic heterocycles. The molecular weight excluding hydrogens is 1470 g/mol. The maximum Gasteiger partial charge on any atom is 0.338 e. The Bertz CT molecular complexity index is 4400. The lowest BCUT2D eigenvalue weighted by Crippen LogP contribution is -2.69. The Labute approximate surface area is 671 Å². The predicted octanol–water partition coefficient (Wildman–Crippen LogP) is 14.0. The van der Waals surface area contributed by atoms with Crippen LogP contribution in [0.1, 0.15) is 88.9 Å². The number of hydrogen-bond donors (Lipinski definition) is 0. The minimum Gasteiger partial charge on any atom is -0.450 e. The van der Waals surface area contributed by atoms with Gasteiger partial charge in [-0.25, -0.2) is 4.79 Å². The van der Waals surface area contributed by atoms with Gasteiger partial charge in [-0.2, -0.15) is 0 Å². The molecule has 0 N–H and O–H groups in total. The van der Waals surface area contributed by atoms with E-state index in [1.54, 1.807) is 24.3 Å². The largest absolute Gasteiger partial charge is 0.450 e. The van der Waals surface area contributed by atoms with Gasteiger partial charge in [0.05, 0.1) is 78.2 Å². The van der Waals surface area contributed by atoms with Crippen molar-refractivity contribution in [3.63, 3.8) is 0 Å². The van der Waals surface area contributed by atoms with Gasteiger partial charge in [-0.1, -0.05) is 261 Å². The molecule has 604 valence electrons. The third-order valence-electron chi connectivity index (χ3n) is 21.3. The first-order chi connectivity index (χ1) is 56.4. The third-order valence-corrected chi connectivity index (χ3v) is 21.3. The van der Waals surface area contributed by atoms with E-state index < -0.39 is 147 Å². The van der Waals surface area contributed by atoms with E-state index in [0.717, 1.165) is 38.9 Å². The van der Waals surface area contributed by atoms with Gasteiger partial charge < -0.3 is 99.5 Å². The molecule has 7 fully saturated rings. The van der Waals surface area contributed by atoms with E-state index in [4.69, 9.17) is 99.5 Å². The summed E-state index contributed by atoms with van der Waals surface area (Å²) >= 11 is 0. The number of esters is 1. The fourth-order valence-electron chi connectivity index (χ4n) is 15.7. The van der Waals surface area contributed by atoms with Gasteiger partial charge in [0, 0.05) is 5.56 Å². The summed E-state index contributed by atoms with van der Waals surface area (Å²) < 4.78 is 149. The first-order valence-corrected chi connectivity index (χ1v) is 39.7. The highest BCUT2D eigenvalue weighted by molar-refractivity contribution is 5.89. The molecule has 7 aliphatic rings. The number of ether oxygens (including phenoxy) is 21. The van der Waals surface area contributed by atoms with Gasteiger partial charge in [-0.05, 0) is 78.8 Å². The number of rotatable bonds is 33. The standard InChI is InChI=1S/C93H100O22/c1-92(2)112-77-73(107-91-85(81(77)113-92)114-93(3,4)115-91)60-103-88-82(100-55-66-42-24-10-25-43-66)79(99-54-65-40-22-9-23-41-65)75(71(104-88)58-96-51-62-34-16-6-17-35-62)110-90-84(108-86(94)68-46-28-12-29-47-68)80(76-72(106-90)59-102-87(109-76)69-48-30-13-31-49-69)111-89-83(101-56-67-44-26-11-27-45-67)78(98-53-64-38-20-8-21-39-64)74(97-52-63-36-18-7-19-37-63)70(105-89)57-95-50-61-32-14-5-15-33-61/h5-49,70-85,87-91H,50-60H2,1-4H3. The highest BCUT2D eigenvalue weighted by Crippen LogP contribution is 2.47. The smallest absolute Gasteiger partial charge is 0.338 e. The molecule has 0 radical (unpaired) electrons. The van der Waals surface area contributed by atoms with Crippen molar-refractivity contribution in [2.24, 2.45) is 0 Å². The van der Waals surface area contributed by atoms with Crippen LogP contribution in [0.4, 0.5) is 0 Å². The minimum absolute atomic E-state index is 0.000914. The maximum atomic E-state index is 15.6. The average molecular weight is 1570 g/mol. The molecule has 115 heavy (non-hydrogen) atoms. The van der Waals surface area contributed by atoms with Gasteiger partial charge in [0.1, 0.15) is 91.6 Å². The zero-order valence-electron chi connectivity index (χ0n) is 64.9. The van der Waals surface area contributed by atoms with E-state index in [0.29, 0.717) is 5.56 Å². The third kappa shape index (κ3) is 20.6. The normalized spacial score (nSPS) is 30.7. The topological polar surface area (TPSA) is 211 Å². The molecule has 7 aliphatic heterocycles. The molecule has 0 saturated carbocycles. The molecule has 0 amide bonds. The van der Waals surface area contributed by atoms with E-state index in [2.05, 4.69) is 0 Å². The predicted molar refractivity (Wildman–Crippen MR) is 417 cm³/mol. The SMILES string of the molecule is CC1(C)OC2OC(COC3OC(COCc4ccccc4)C(OC4OC5COC(c6ccccc6)OC5C(OC5OC(COCc6ccccc6)C(OCc6ccccc6)C(OCc6ccccc6)C5OCc5ccccc5)C4OC(=O)c4ccccc4)C(OCc4ccccc4)C3OCc3ccccc3)C3OC(C)(C)OC3C2O1. The lowest BCUT2D eigenvalue weighted by molar-refractivity contribution is -0.411. The lowest BCUT2D eigenvalue weighted by Gasteiger charge is -2.53. The molecule has 21 unspecified atom stereocenters. The van der Waals surface area contributed by atoms with Crippen LogP contribution in [0, 0.1) is 0 Å². The molecule has 0 spiro atoms. The molecule has 0 bridgehead atoms. The highest BCUT2D eigenvalue weighted by atomic mass is 16.9. The van der Waals surface area contributed by atoms with Crippen molar-refractivity contribution < 1.29 is 104 Å². The van der Waals surface area contributed by atoms with Gasteiger partial charge in [0.15, 0.2) is 49.1 Å². The van der Waals surface area contributed by atoms with E-state index >= 15 is 4.79 Å². The van der Waals surface area contributed by atoms with Gasteiger partial charge in [-0.3, -0.25) is 0 Å². The maximum absolute atomic E-state index is 15.6. The Balaban J connectivity index is 0.815. The molecular formula is C93H100O22. The van der Waals surface area contributed by atoms with Crippen molar-refractivity contribution in [3.05, 3.63) is 323 Å². The number of fused-ring (bicyclic) bond motifs is 4. The Hall–Kier alpha value is -8.35. The van der Waals surface area contributed by atoms with E-state index in [1.807, 2.05) is 276 Å². The van der Waals surface area contributed by atoms with Crippen molar-refractivity contribution in [3.8, 4) is 0 Å². The molecule has 9 aromatic carbocycles. The number of hydrogen-bond acceptors (Lipinski definition) is 22. The molecule has 0 aliphatic carbocycles. The fourth-order valence-corrected chi connectivity index (χ4v) is 15.7. The van der Waals surface area contributed by atoms with Gasteiger partial charge in [0.2, 0.25) is 0 Å². The lowest BCUT2D eigenvalue weighted by atomic mass is 9.94. The zero-order chi connectivity index (χ0) is 78.3. The summed E-state index contributed by atoms with van der Waals surface area (Å²) in [5, 5.41) is 0. The number of carbonyl (C=O) groups is 1. The summed E-state index contributed by atoms with van der Waals surface area (Å²) in [6.45, 7) is 8.03. The first kappa shape index (κ1) is 80.4. The summed E-state index contributed by atoms with van der Waals surface area (Å²) in [4.78, 5) is 15.6. The summed E-state index contributed by atoms with van der Waals surface area (Å²) in [6, 6.07) is 87.3. The molecule has 22 heteroatoms. The molecule has 16 rings (SSSR count). The Morgan fingerprint density at radius 1 is 0.322 bits per heavy atom. The first-order valence-electron chi connectivity index (χ1n) is 39.7. The molecule has 7 heterocycles. The summed E-state index contributed by atoms with van der Waals surface area (Å²) in [5.41, 5.74) is 7.15. The van der Waals surface area contributed by atoms with Crippen LogP contribution in [0.5, 0.6) is 0 Å². The van der Waals surface area contributed by atoms with Crippen molar-refractivity contribution in [1.82, 2.24) is 0 Å². The monoisotopic (exact) mass is 1570 g/mol. The van der Waals surface area contributed by atoms with Gasteiger partial charge in [0.25, 0.3) is 0 Å². The van der Waals surface area contributed by atoms with Gasteiger partial charge in [-0.15, -0.1) is 0 Å². The Morgan fingerprint density at radius 2 is 0.704 bits per heavy atom. The van der Waals surface area contributed by atoms with Crippen molar-refractivity contribution in [1.29, 1.82) is 0 Å². The second-order valence-corrected chi connectivity index (χ2v) is 30.6. The number of benzene rings is 9. The molecule has 22 nitrogen and oxygen atoms in total. The molecule has 9 aromatic rings. The Kier molecular flexibility index (Phi) is 26.8. The summed E-state index contributed by atoms with van der Waals surface area (Å²) in [7, 11) is 0. The quantitative estimate of drug-likeness (QED) is 0.0350. The van der Waals surface area contributed by atoms with Crippen LogP contribution in [0.3, 0.4) is 0 Å². The van der Waals surface area contributed by atoms with Gasteiger partial charge >= 0.3 is 5.97 Å². The molecule has 7 saturated heterocycles. The zero-order valence-corrected chi connectivity index (χ0v) is 64.9. The second-order valence-electron chi connectivity index (χ2n) is 30.6. The van der Waals surface area contributed by atoms with Crippen molar-refractivity contribution >= 4 is 5.97 Å². The van der Waals surface area contributed by atoms with Crippen LogP contribution in [0.25, 0.3) is 0 Å². The van der Waals surface area contributed by atoms with Crippen LogP contribution >= 0.6 is 0 Å². The summed E-state index contributed by atoms with van der Waals surface area (Å²) in [5.74, 6) is -2.73. The average Bonchev–Trinajstić information content (AvgIpc) is 1.61. The minimum atomic E-state index is -1.59. The van der Waals surface area contributed by atoms with Crippen LogP contribution in [0.15, 0.2) is 273 Å². The van der Waals surface area contributed by atoms with E-state index in [1.165, 1.54) is 0 Å². The van der Waals surface area contributed by atoms with E-state index in [9.17, 15) is 0 Å². The Morgan fingerprint density at radius 3 is 1.21 bits per heavy atom. The highest BCUT2D eigenvalue weighted by Gasteiger charge is 2.63. The van der Waals surface area contributed by atoms with E-state index in [-0.39, 0.29) is 78.2 Å². The fraction of sp³-hybridized carbons (Fsp3) is 0.409. The van der Waals surface area contributed by atoms with Crippen LogP contribution < -0.4 is 0 Å². The second kappa shape index (κ2) is 38.4. The number of carbonyl (C=O) groups excluding carboxylic acids is 1. The van der Waals surface area contributed by atoms with Crippen LogP contribution in [-0.2, 0) is 146 Å². The van der Waals surface area contributed by atoms with Crippen LogP contribution in [-0.4, -0.2) is 167 Å². The van der Waals surface area contributed by atoms with Crippen LogP contribution in [0.2, 0.25) is 0 Å². The summed E-state index contributed by atoms with van der Waals surface area (Å²) in [6.07, 6.45) is -22.2.